The lowest BCUT2D eigenvalue weighted by atomic mass is 10.0. The molecule has 0 bridgehead atoms. The third-order valence-corrected chi connectivity index (χ3v) is 5.79. The maximum absolute atomic E-state index is 12.8. The maximum Gasteiger partial charge on any atom is 0.255 e. The topological polar surface area (TPSA) is 87.7 Å². The summed E-state index contributed by atoms with van der Waals surface area (Å²) in [5, 5.41) is 5.68. The highest BCUT2D eigenvalue weighted by molar-refractivity contribution is 6.05. The number of fused-ring (bicyclic) bond motifs is 2. The molecule has 5 rings (SSSR count). The fourth-order valence-corrected chi connectivity index (χ4v) is 4.27. The molecule has 0 spiro atoms. The highest BCUT2D eigenvalue weighted by Gasteiger charge is 2.39. The number of nitrogens with zero attached hydrogens (tertiary/aromatic N) is 1. The van der Waals surface area contributed by atoms with E-state index in [1.54, 1.807) is 17.0 Å². The molecule has 2 aromatic rings. The lowest BCUT2D eigenvalue weighted by Gasteiger charge is -2.29. The molecule has 3 aliphatic rings. The van der Waals surface area contributed by atoms with Crippen LogP contribution in [-0.2, 0) is 29.1 Å². The van der Waals surface area contributed by atoms with Crippen LogP contribution in [0.4, 0.5) is 0 Å². The van der Waals surface area contributed by atoms with Gasteiger partial charge in [0.1, 0.15) is 17.5 Å². The van der Waals surface area contributed by atoms with Gasteiger partial charge in [-0.25, -0.2) is 0 Å². The Morgan fingerprint density at radius 2 is 1.72 bits per heavy atom. The Labute approximate surface area is 168 Å². The second-order valence-electron chi connectivity index (χ2n) is 7.68. The molecule has 3 heterocycles. The summed E-state index contributed by atoms with van der Waals surface area (Å²) in [4.78, 5) is 37.9. The van der Waals surface area contributed by atoms with Gasteiger partial charge in [-0.15, -0.1) is 0 Å². The van der Waals surface area contributed by atoms with Crippen molar-refractivity contribution in [3.63, 3.8) is 0 Å². The highest BCUT2D eigenvalue weighted by Crippen LogP contribution is 2.32. The van der Waals surface area contributed by atoms with Gasteiger partial charge >= 0.3 is 0 Å². The number of piperidine rings is 1. The molecule has 148 valence electrons. The maximum atomic E-state index is 12.8. The predicted octanol–water partition coefficient (Wildman–Crippen LogP) is 1.89. The molecule has 0 radical (unpaired) electrons. The normalized spacial score (nSPS) is 20.9. The molecule has 7 nitrogen and oxygen atoms in total. The molecule has 0 saturated carbocycles. The molecular formula is C22H21N3O4. The SMILES string of the molecule is O=C1CCC(N2Cc3cc(Oc4ccc5c(c4)CCNC5)ccc3C2=O)C(=O)N1. The van der Waals surface area contributed by atoms with Gasteiger partial charge in [-0.1, -0.05) is 6.07 Å². The summed E-state index contributed by atoms with van der Waals surface area (Å²) in [6.07, 6.45) is 1.59. The molecule has 7 heteroatoms. The monoisotopic (exact) mass is 391 g/mol. The number of rotatable bonds is 3. The highest BCUT2D eigenvalue weighted by atomic mass is 16.5. The van der Waals surface area contributed by atoms with Crippen LogP contribution in [0.5, 0.6) is 11.5 Å². The molecule has 3 aliphatic heterocycles. The van der Waals surface area contributed by atoms with Crippen molar-refractivity contribution < 1.29 is 19.1 Å². The van der Waals surface area contributed by atoms with E-state index in [1.807, 2.05) is 12.1 Å². The molecular weight excluding hydrogens is 370 g/mol. The van der Waals surface area contributed by atoms with E-state index in [0.29, 0.717) is 24.3 Å². The molecule has 0 aromatic heterocycles. The van der Waals surface area contributed by atoms with Crippen LogP contribution in [-0.4, -0.2) is 35.2 Å². The number of hydrogen-bond acceptors (Lipinski definition) is 5. The zero-order valence-electron chi connectivity index (χ0n) is 15.9. The van der Waals surface area contributed by atoms with Crippen LogP contribution >= 0.6 is 0 Å². The van der Waals surface area contributed by atoms with Gasteiger partial charge in [0.05, 0.1) is 0 Å². The number of hydrogen-bond donors (Lipinski definition) is 2. The van der Waals surface area contributed by atoms with Crippen LogP contribution in [0.1, 0.15) is 39.9 Å². The average molecular weight is 391 g/mol. The first-order valence-corrected chi connectivity index (χ1v) is 9.86. The Kier molecular flexibility index (Phi) is 4.32. The molecule has 2 N–H and O–H groups in total. The largest absolute Gasteiger partial charge is 0.457 e. The number of benzene rings is 2. The number of imide groups is 1. The summed E-state index contributed by atoms with van der Waals surface area (Å²) < 4.78 is 6.05. The van der Waals surface area contributed by atoms with Gasteiger partial charge in [-0.3, -0.25) is 19.7 Å². The zero-order chi connectivity index (χ0) is 20.0. The summed E-state index contributed by atoms with van der Waals surface area (Å²) >= 11 is 0. The fraction of sp³-hybridized carbons (Fsp3) is 0.318. The van der Waals surface area contributed by atoms with Crippen molar-refractivity contribution in [2.75, 3.05) is 6.54 Å². The minimum Gasteiger partial charge on any atom is -0.457 e. The van der Waals surface area contributed by atoms with E-state index in [9.17, 15) is 14.4 Å². The molecule has 1 unspecified atom stereocenters. The summed E-state index contributed by atoms with van der Waals surface area (Å²) in [6, 6.07) is 10.9. The van der Waals surface area contributed by atoms with E-state index in [1.165, 1.54) is 11.1 Å². The van der Waals surface area contributed by atoms with E-state index in [0.717, 1.165) is 30.8 Å². The second kappa shape index (κ2) is 7.00. The van der Waals surface area contributed by atoms with Gasteiger partial charge in [-0.2, -0.15) is 0 Å². The van der Waals surface area contributed by atoms with Crippen molar-refractivity contribution in [2.45, 2.75) is 38.4 Å². The molecule has 1 fully saturated rings. The molecule has 0 aliphatic carbocycles. The third-order valence-electron chi connectivity index (χ3n) is 5.79. The Morgan fingerprint density at radius 1 is 0.931 bits per heavy atom. The molecule has 1 saturated heterocycles. The minimum atomic E-state index is -0.605. The van der Waals surface area contributed by atoms with Crippen molar-refractivity contribution in [3.8, 4) is 11.5 Å². The van der Waals surface area contributed by atoms with Crippen LogP contribution < -0.4 is 15.4 Å². The average Bonchev–Trinajstić information content (AvgIpc) is 3.04. The molecule has 29 heavy (non-hydrogen) atoms. The number of amides is 3. The van der Waals surface area contributed by atoms with Crippen LogP contribution in [0.3, 0.4) is 0 Å². The smallest absolute Gasteiger partial charge is 0.255 e. The van der Waals surface area contributed by atoms with Crippen LogP contribution in [0.2, 0.25) is 0 Å². The summed E-state index contributed by atoms with van der Waals surface area (Å²) in [5.41, 5.74) is 4.00. The summed E-state index contributed by atoms with van der Waals surface area (Å²) in [5.74, 6) is 0.573. The van der Waals surface area contributed by atoms with Gasteiger partial charge < -0.3 is 15.0 Å². The van der Waals surface area contributed by atoms with E-state index in [2.05, 4.69) is 22.8 Å². The Hall–Kier alpha value is -3.19. The molecule has 3 amide bonds. The summed E-state index contributed by atoms with van der Waals surface area (Å²) in [7, 11) is 0. The van der Waals surface area contributed by atoms with Crippen molar-refractivity contribution in [1.82, 2.24) is 15.5 Å². The first-order valence-electron chi connectivity index (χ1n) is 9.86. The van der Waals surface area contributed by atoms with E-state index >= 15 is 0 Å². The quantitative estimate of drug-likeness (QED) is 0.780. The van der Waals surface area contributed by atoms with Crippen molar-refractivity contribution in [1.29, 1.82) is 0 Å². The van der Waals surface area contributed by atoms with E-state index in [-0.39, 0.29) is 18.2 Å². The van der Waals surface area contributed by atoms with E-state index in [4.69, 9.17) is 4.74 Å². The lowest BCUT2D eigenvalue weighted by Crippen LogP contribution is -2.52. The number of carbonyl (C=O) groups excluding carboxylic acids is 3. The van der Waals surface area contributed by atoms with Gasteiger partial charge in [-0.05, 0) is 66.4 Å². The number of carbonyl (C=O) groups is 3. The van der Waals surface area contributed by atoms with Crippen molar-refractivity contribution in [2.24, 2.45) is 0 Å². The number of nitrogens with one attached hydrogen (secondary N) is 2. The third kappa shape index (κ3) is 3.27. The van der Waals surface area contributed by atoms with Crippen molar-refractivity contribution >= 4 is 17.7 Å². The first-order chi connectivity index (χ1) is 14.1. The van der Waals surface area contributed by atoms with Crippen LogP contribution in [0, 0.1) is 0 Å². The summed E-state index contributed by atoms with van der Waals surface area (Å²) in [6.45, 7) is 2.19. The van der Waals surface area contributed by atoms with Crippen LogP contribution in [0.25, 0.3) is 0 Å². The molecule has 2 aromatic carbocycles. The lowest BCUT2D eigenvalue weighted by molar-refractivity contribution is -0.136. The second-order valence-corrected chi connectivity index (χ2v) is 7.68. The fourth-order valence-electron chi connectivity index (χ4n) is 4.27. The Morgan fingerprint density at radius 3 is 2.55 bits per heavy atom. The van der Waals surface area contributed by atoms with Gasteiger partial charge in [0.25, 0.3) is 5.91 Å². The Balaban J connectivity index is 1.35. The first kappa shape index (κ1) is 17.9. The zero-order valence-corrected chi connectivity index (χ0v) is 15.9. The van der Waals surface area contributed by atoms with Gasteiger partial charge in [0, 0.05) is 25.1 Å². The predicted molar refractivity (Wildman–Crippen MR) is 104 cm³/mol. The Bertz CT molecular complexity index is 1030. The standard InChI is InChI=1S/C22H21N3O4/c26-20-6-5-19(21(27)24-20)25-12-15-10-17(3-4-18(15)22(25)28)29-16-2-1-14-11-23-8-7-13(14)9-16/h1-4,9-10,19,23H,5-8,11-12H2,(H,24,26,27). The molecule has 1 atom stereocenters. The van der Waals surface area contributed by atoms with Crippen LogP contribution in [0.15, 0.2) is 36.4 Å². The van der Waals surface area contributed by atoms with E-state index < -0.39 is 11.9 Å². The minimum absolute atomic E-state index is 0.178. The number of ether oxygens (including phenoxy) is 1. The van der Waals surface area contributed by atoms with Gasteiger partial charge in [0.2, 0.25) is 11.8 Å². The van der Waals surface area contributed by atoms with Crippen molar-refractivity contribution in [3.05, 3.63) is 58.7 Å². The van der Waals surface area contributed by atoms with Gasteiger partial charge in [0.15, 0.2) is 0 Å².